The van der Waals surface area contributed by atoms with E-state index in [9.17, 15) is 18.0 Å². The van der Waals surface area contributed by atoms with Crippen molar-refractivity contribution < 1.29 is 18.0 Å². The molecule has 0 aliphatic rings. The second-order valence-electron chi connectivity index (χ2n) is 5.72. The first kappa shape index (κ1) is 19.0. The minimum Gasteiger partial charge on any atom is -0.325 e. The zero-order valence-electron chi connectivity index (χ0n) is 14.4. The maximum absolute atomic E-state index is 13.9. The highest BCUT2D eigenvalue weighted by Gasteiger charge is 2.20. The van der Waals surface area contributed by atoms with Crippen LogP contribution in [0.4, 0.5) is 18.9 Å². The van der Waals surface area contributed by atoms with Gasteiger partial charge in [-0.3, -0.25) is 4.79 Å². The van der Waals surface area contributed by atoms with Crippen molar-refractivity contribution in [2.75, 3.05) is 5.32 Å². The molecule has 1 amide bonds. The van der Waals surface area contributed by atoms with Crippen molar-refractivity contribution in [3.63, 3.8) is 0 Å². The number of benzene rings is 2. The van der Waals surface area contributed by atoms with Crippen LogP contribution in [0.3, 0.4) is 0 Å². The molecule has 1 aromatic heterocycles. The minimum absolute atomic E-state index is 0.149. The highest BCUT2D eigenvalue weighted by molar-refractivity contribution is 8.00. The lowest BCUT2D eigenvalue weighted by atomic mass is 10.2. The summed E-state index contributed by atoms with van der Waals surface area (Å²) in [6.07, 6.45) is 0. The van der Waals surface area contributed by atoms with Crippen LogP contribution in [0.5, 0.6) is 0 Å². The predicted octanol–water partition coefficient (Wildman–Crippen LogP) is 4.02. The van der Waals surface area contributed by atoms with Crippen LogP contribution in [0.2, 0.25) is 0 Å². The quantitative estimate of drug-likeness (QED) is 0.667. The number of thioether (sulfide) groups is 1. The molecule has 3 aromatic rings. The van der Waals surface area contributed by atoms with E-state index in [1.165, 1.54) is 12.1 Å². The average molecular weight is 392 g/mol. The molecular formula is C18H15F3N4OS. The first-order valence-electron chi connectivity index (χ1n) is 7.93. The Morgan fingerprint density at radius 2 is 1.81 bits per heavy atom. The average Bonchev–Trinajstić information content (AvgIpc) is 2.99. The molecule has 3 rings (SSSR count). The summed E-state index contributed by atoms with van der Waals surface area (Å²) in [6.45, 7) is 1.64. The smallest absolute Gasteiger partial charge is 0.237 e. The summed E-state index contributed by atoms with van der Waals surface area (Å²) in [5, 5.41) is 10.3. The van der Waals surface area contributed by atoms with Gasteiger partial charge in [-0.25, -0.2) is 13.2 Å². The van der Waals surface area contributed by atoms with E-state index >= 15 is 0 Å². The number of anilines is 1. The molecule has 0 fully saturated rings. The van der Waals surface area contributed by atoms with Gasteiger partial charge >= 0.3 is 0 Å². The summed E-state index contributed by atoms with van der Waals surface area (Å²) in [5.41, 5.74) is 0.453. The Morgan fingerprint density at radius 1 is 1.07 bits per heavy atom. The van der Waals surface area contributed by atoms with Gasteiger partial charge in [-0.15, -0.1) is 10.2 Å². The summed E-state index contributed by atoms with van der Waals surface area (Å²) in [4.78, 5) is 12.3. The first-order chi connectivity index (χ1) is 12.9. The highest BCUT2D eigenvalue weighted by Crippen LogP contribution is 2.27. The third-order valence-corrected chi connectivity index (χ3v) is 4.92. The topological polar surface area (TPSA) is 59.8 Å². The van der Waals surface area contributed by atoms with E-state index in [1.54, 1.807) is 36.7 Å². The number of carbonyl (C=O) groups is 1. The number of carbonyl (C=O) groups excluding carboxylic acids is 1. The molecule has 0 saturated carbocycles. The van der Waals surface area contributed by atoms with Gasteiger partial charge in [0.05, 0.1) is 10.8 Å². The van der Waals surface area contributed by atoms with Crippen molar-refractivity contribution in [3.05, 3.63) is 59.9 Å². The fourth-order valence-electron chi connectivity index (χ4n) is 2.32. The molecule has 1 atom stereocenters. The largest absolute Gasteiger partial charge is 0.325 e. The zero-order valence-corrected chi connectivity index (χ0v) is 15.2. The molecule has 2 aromatic carbocycles. The maximum atomic E-state index is 13.9. The second kappa shape index (κ2) is 7.83. The molecule has 0 saturated heterocycles. The predicted molar refractivity (Wildman–Crippen MR) is 96.7 cm³/mol. The van der Waals surface area contributed by atoms with Gasteiger partial charge in [0.1, 0.15) is 5.82 Å². The molecule has 5 nitrogen and oxygen atoms in total. The summed E-state index contributed by atoms with van der Waals surface area (Å²) in [7, 11) is 1.67. The number of halogens is 3. The van der Waals surface area contributed by atoms with E-state index in [-0.39, 0.29) is 5.69 Å². The first-order valence-corrected chi connectivity index (χ1v) is 8.81. The molecule has 0 bridgehead atoms. The van der Waals surface area contributed by atoms with Crippen LogP contribution in [0.1, 0.15) is 6.92 Å². The number of aromatic nitrogens is 3. The van der Waals surface area contributed by atoms with Crippen molar-refractivity contribution in [1.82, 2.24) is 14.8 Å². The lowest BCUT2D eigenvalue weighted by molar-refractivity contribution is -0.115. The number of nitrogens with one attached hydrogen (secondary N) is 1. The highest BCUT2D eigenvalue weighted by atomic mass is 32.2. The molecule has 0 unspecified atom stereocenters. The van der Waals surface area contributed by atoms with E-state index in [0.29, 0.717) is 16.5 Å². The number of hydrogen-bond donors (Lipinski definition) is 1. The number of amides is 1. The Hall–Kier alpha value is -2.81. The van der Waals surface area contributed by atoms with E-state index in [4.69, 9.17) is 0 Å². The van der Waals surface area contributed by atoms with Gasteiger partial charge in [-0.1, -0.05) is 23.9 Å². The Labute approximate surface area is 157 Å². The minimum atomic E-state index is -1.05. The third-order valence-electron chi connectivity index (χ3n) is 3.79. The summed E-state index contributed by atoms with van der Waals surface area (Å²) in [6, 6.07) is 9.30. The number of nitrogens with zero attached hydrogens (tertiary/aromatic N) is 3. The van der Waals surface area contributed by atoms with Crippen molar-refractivity contribution in [2.45, 2.75) is 17.3 Å². The van der Waals surface area contributed by atoms with Crippen molar-refractivity contribution in [2.24, 2.45) is 7.05 Å². The van der Waals surface area contributed by atoms with Gasteiger partial charge in [0.25, 0.3) is 0 Å². The monoisotopic (exact) mass is 392 g/mol. The summed E-state index contributed by atoms with van der Waals surface area (Å²) in [5.74, 6) is -2.54. The Balaban J connectivity index is 1.72. The van der Waals surface area contributed by atoms with E-state index in [0.717, 1.165) is 23.9 Å². The van der Waals surface area contributed by atoms with Crippen molar-refractivity contribution in [1.29, 1.82) is 0 Å². The maximum Gasteiger partial charge on any atom is 0.237 e. The third kappa shape index (κ3) is 4.13. The van der Waals surface area contributed by atoms with Crippen LogP contribution >= 0.6 is 11.8 Å². The van der Waals surface area contributed by atoms with Crippen molar-refractivity contribution >= 4 is 23.4 Å². The Bertz CT molecular complexity index is 992. The Morgan fingerprint density at radius 3 is 2.52 bits per heavy atom. The van der Waals surface area contributed by atoms with E-state index < -0.39 is 28.6 Å². The van der Waals surface area contributed by atoms with Crippen LogP contribution in [0, 0.1) is 17.5 Å². The van der Waals surface area contributed by atoms with Gasteiger partial charge in [0.2, 0.25) is 5.91 Å². The molecular weight excluding hydrogens is 377 g/mol. The fraction of sp³-hybridized carbons (Fsp3) is 0.167. The summed E-state index contributed by atoms with van der Waals surface area (Å²) < 4.78 is 41.7. The molecule has 0 radical (unpaired) electrons. The molecule has 0 aliphatic carbocycles. The van der Waals surface area contributed by atoms with Crippen LogP contribution in [-0.4, -0.2) is 25.9 Å². The molecule has 27 heavy (non-hydrogen) atoms. The van der Waals surface area contributed by atoms with E-state index in [1.807, 2.05) is 0 Å². The Kier molecular flexibility index (Phi) is 5.50. The van der Waals surface area contributed by atoms with Gasteiger partial charge in [0.15, 0.2) is 22.6 Å². The molecule has 1 heterocycles. The number of rotatable bonds is 5. The lowest BCUT2D eigenvalue weighted by Crippen LogP contribution is -2.23. The van der Waals surface area contributed by atoms with Gasteiger partial charge in [0, 0.05) is 18.8 Å². The van der Waals surface area contributed by atoms with Crippen molar-refractivity contribution in [3.8, 4) is 11.4 Å². The molecule has 0 aliphatic heterocycles. The number of hydrogen-bond acceptors (Lipinski definition) is 4. The van der Waals surface area contributed by atoms with Gasteiger partial charge in [-0.2, -0.15) is 0 Å². The standard InChI is InChI=1S/C18H15F3N4OS/c1-10(17(26)22-11-7-8-14(20)15(21)9-11)27-18-24-23-16(25(18)2)12-5-3-4-6-13(12)19/h3-10H,1-2H3,(H,22,26)/t10-/m1/s1. The lowest BCUT2D eigenvalue weighted by Gasteiger charge is -2.12. The van der Waals surface area contributed by atoms with Crippen LogP contribution in [0.25, 0.3) is 11.4 Å². The molecule has 9 heteroatoms. The summed E-state index contributed by atoms with van der Waals surface area (Å²) >= 11 is 1.11. The SMILES string of the molecule is C[C@@H](Sc1nnc(-c2ccccc2F)n1C)C(=O)Nc1ccc(F)c(F)c1. The van der Waals surface area contributed by atoms with Crippen LogP contribution < -0.4 is 5.32 Å². The van der Waals surface area contributed by atoms with Gasteiger partial charge in [-0.05, 0) is 31.2 Å². The fourth-order valence-corrected chi connectivity index (χ4v) is 3.14. The zero-order chi connectivity index (χ0) is 19.6. The normalized spacial score (nSPS) is 12.0. The van der Waals surface area contributed by atoms with Gasteiger partial charge < -0.3 is 9.88 Å². The molecule has 0 spiro atoms. The molecule has 1 N–H and O–H groups in total. The van der Waals surface area contributed by atoms with E-state index in [2.05, 4.69) is 15.5 Å². The molecule has 140 valence electrons. The van der Waals surface area contributed by atoms with Crippen LogP contribution in [0.15, 0.2) is 47.6 Å². The second-order valence-corrected chi connectivity index (χ2v) is 7.03. The van der Waals surface area contributed by atoms with Crippen LogP contribution in [-0.2, 0) is 11.8 Å².